The summed E-state index contributed by atoms with van der Waals surface area (Å²) < 4.78 is 0. The minimum Gasteiger partial charge on any atom is -0.353 e. The van der Waals surface area contributed by atoms with E-state index in [-0.39, 0.29) is 5.91 Å². The summed E-state index contributed by atoms with van der Waals surface area (Å²) in [5.41, 5.74) is 0.391. The molecule has 2 aromatic heterocycles. The summed E-state index contributed by atoms with van der Waals surface area (Å²) in [4.78, 5) is 35.6. The van der Waals surface area contributed by atoms with E-state index in [1.807, 2.05) is 25.1 Å². The molecule has 0 aromatic carbocycles. The predicted octanol–water partition coefficient (Wildman–Crippen LogP) is -0.115. The molecule has 1 aliphatic heterocycles. The molecule has 0 saturated carbocycles. The van der Waals surface area contributed by atoms with Crippen molar-refractivity contribution in [1.29, 1.82) is 0 Å². The van der Waals surface area contributed by atoms with Gasteiger partial charge in [0.05, 0.1) is 0 Å². The maximum absolute atomic E-state index is 12.2. The number of nitrogens with one attached hydrogen (secondary N) is 1. The van der Waals surface area contributed by atoms with E-state index in [1.165, 1.54) is 6.33 Å². The molecule has 1 fully saturated rings. The number of anilines is 2. The second kappa shape index (κ2) is 8.52. The van der Waals surface area contributed by atoms with E-state index < -0.39 is 0 Å². The standard InChI is InChI=1S/C17H24N8O/c1-23(2)7-6-18-16(26)14-12-15(22-13-21-14)24-8-10-25(11-9-24)17-19-4-3-5-20-17/h3-5,12-13H,6-11H2,1-2H3,(H,18,26). The predicted molar refractivity (Wildman–Crippen MR) is 99.4 cm³/mol. The maximum atomic E-state index is 12.2. The molecule has 0 bridgehead atoms. The Balaban J connectivity index is 1.58. The number of carbonyl (C=O) groups excluding carboxylic acids is 1. The van der Waals surface area contributed by atoms with Crippen LogP contribution in [0.1, 0.15) is 10.5 Å². The number of amides is 1. The van der Waals surface area contributed by atoms with Crippen LogP contribution in [0.25, 0.3) is 0 Å². The first-order valence-electron chi connectivity index (χ1n) is 8.65. The summed E-state index contributed by atoms with van der Waals surface area (Å²) >= 11 is 0. The van der Waals surface area contributed by atoms with Crippen molar-refractivity contribution in [3.05, 3.63) is 36.5 Å². The molecule has 3 heterocycles. The first-order chi connectivity index (χ1) is 12.6. The van der Waals surface area contributed by atoms with Crippen LogP contribution in [0.15, 0.2) is 30.9 Å². The zero-order chi connectivity index (χ0) is 18.4. The van der Waals surface area contributed by atoms with Crippen molar-refractivity contribution in [1.82, 2.24) is 30.2 Å². The van der Waals surface area contributed by atoms with Crippen LogP contribution in [0.2, 0.25) is 0 Å². The summed E-state index contributed by atoms with van der Waals surface area (Å²) in [5, 5.41) is 2.87. The minimum atomic E-state index is -0.174. The van der Waals surface area contributed by atoms with Crippen molar-refractivity contribution in [2.24, 2.45) is 0 Å². The Labute approximate surface area is 153 Å². The molecule has 3 rings (SSSR count). The summed E-state index contributed by atoms with van der Waals surface area (Å²) in [6.45, 7) is 4.55. The van der Waals surface area contributed by atoms with Gasteiger partial charge in [-0.2, -0.15) is 0 Å². The van der Waals surface area contributed by atoms with Crippen LogP contribution in [-0.2, 0) is 0 Å². The monoisotopic (exact) mass is 356 g/mol. The average molecular weight is 356 g/mol. The highest BCUT2D eigenvalue weighted by Gasteiger charge is 2.20. The van der Waals surface area contributed by atoms with Gasteiger partial charge >= 0.3 is 0 Å². The molecule has 0 aliphatic carbocycles. The molecule has 26 heavy (non-hydrogen) atoms. The number of likely N-dealkylation sites (N-methyl/N-ethyl adjacent to an activating group) is 1. The first kappa shape index (κ1) is 18.0. The molecule has 1 amide bonds. The van der Waals surface area contributed by atoms with Crippen LogP contribution in [0.5, 0.6) is 0 Å². The Morgan fingerprint density at radius 3 is 2.46 bits per heavy atom. The molecule has 9 heteroatoms. The van der Waals surface area contributed by atoms with Crippen molar-refractivity contribution in [3.63, 3.8) is 0 Å². The third-order valence-corrected chi connectivity index (χ3v) is 4.17. The Morgan fingerprint density at radius 1 is 1.08 bits per heavy atom. The largest absolute Gasteiger partial charge is 0.353 e. The SMILES string of the molecule is CN(C)CCNC(=O)c1cc(N2CCN(c3ncccn3)CC2)ncn1. The van der Waals surface area contributed by atoms with Gasteiger partial charge in [-0.05, 0) is 20.2 Å². The third-order valence-electron chi connectivity index (χ3n) is 4.17. The van der Waals surface area contributed by atoms with Gasteiger partial charge in [-0.15, -0.1) is 0 Å². The van der Waals surface area contributed by atoms with Gasteiger partial charge in [-0.25, -0.2) is 19.9 Å². The second-order valence-electron chi connectivity index (χ2n) is 6.34. The van der Waals surface area contributed by atoms with E-state index in [2.05, 4.69) is 35.1 Å². The van der Waals surface area contributed by atoms with Crippen molar-refractivity contribution in [2.75, 3.05) is 63.2 Å². The third kappa shape index (κ3) is 4.63. The van der Waals surface area contributed by atoms with Crippen molar-refractivity contribution < 1.29 is 4.79 Å². The van der Waals surface area contributed by atoms with E-state index in [0.717, 1.165) is 44.5 Å². The lowest BCUT2D eigenvalue weighted by Crippen LogP contribution is -2.47. The van der Waals surface area contributed by atoms with E-state index in [4.69, 9.17) is 0 Å². The van der Waals surface area contributed by atoms with Crippen LogP contribution in [0.3, 0.4) is 0 Å². The molecule has 1 N–H and O–H groups in total. The fourth-order valence-corrected chi connectivity index (χ4v) is 2.72. The number of rotatable bonds is 6. The Kier molecular flexibility index (Phi) is 5.90. The van der Waals surface area contributed by atoms with Gasteiger partial charge in [-0.1, -0.05) is 0 Å². The molecule has 0 atom stereocenters. The van der Waals surface area contributed by atoms with Crippen LogP contribution in [0.4, 0.5) is 11.8 Å². The van der Waals surface area contributed by atoms with E-state index in [0.29, 0.717) is 12.2 Å². The van der Waals surface area contributed by atoms with Gasteiger partial charge in [-0.3, -0.25) is 4.79 Å². The van der Waals surface area contributed by atoms with Crippen LogP contribution in [-0.4, -0.2) is 84.1 Å². The highest BCUT2D eigenvalue weighted by molar-refractivity contribution is 5.92. The van der Waals surface area contributed by atoms with Gasteiger partial charge in [0.2, 0.25) is 5.95 Å². The molecule has 2 aromatic rings. The Morgan fingerprint density at radius 2 is 1.77 bits per heavy atom. The molecule has 0 spiro atoms. The van der Waals surface area contributed by atoms with Crippen LogP contribution in [0, 0.1) is 0 Å². The number of carbonyl (C=O) groups is 1. The molecule has 0 unspecified atom stereocenters. The molecule has 1 aliphatic rings. The minimum absolute atomic E-state index is 0.174. The van der Waals surface area contributed by atoms with Gasteiger partial charge in [0.1, 0.15) is 17.8 Å². The zero-order valence-electron chi connectivity index (χ0n) is 15.2. The summed E-state index contributed by atoms with van der Waals surface area (Å²) in [6.07, 6.45) is 4.95. The number of hydrogen-bond acceptors (Lipinski definition) is 8. The second-order valence-corrected chi connectivity index (χ2v) is 6.34. The van der Waals surface area contributed by atoms with E-state index in [1.54, 1.807) is 18.5 Å². The smallest absolute Gasteiger partial charge is 0.270 e. The Bertz CT molecular complexity index is 716. The molecule has 9 nitrogen and oxygen atoms in total. The summed E-state index contributed by atoms with van der Waals surface area (Å²) in [6, 6.07) is 3.56. The fourth-order valence-electron chi connectivity index (χ4n) is 2.72. The highest BCUT2D eigenvalue weighted by Crippen LogP contribution is 2.16. The first-order valence-corrected chi connectivity index (χ1v) is 8.65. The van der Waals surface area contributed by atoms with Gasteiger partial charge < -0.3 is 20.0 Å². The van der Waals surface area contributed by atoms with Crippen molar-refractivity contribution >= 4 is 17.7 Å². The normalized spacial score (nSPS) is 14.6. The van der Waals surface area contributed by atoms with Crippen molar-refractivity contribution in [3.8, 4) is 0 Å². The topological polar surface area (TPSA) is 90.4 Å². The molecular weight excluding hydrogens is 332 g/mol. The fraction of sp³-hybridized carbons (Fsp3) is 0.471. The summed E-state index contributed by atoms with van der Waals surface area (Å²) in [5.74, 6) is 1.34. The average Bonchev–Trinajstić information content (AvgIpc) is 2.68. The Hall–Kier alpha value is -2.81. The lowest BCUT2D eigenvalue weighted by molar-refractivity contribution is 0.0946. The van der Waals surface area contributed by atoms with E-state index in [9.17, 15) is 4.79 Å². The number of nitrogens with zero attached hydrogens (tertiary/aromatic N) is 7. The summed E-state index contributed by atoms with van der Waals surface area (Å²) in [7, 11) is 3.93. The molecule has 1 saturated heterocycles. The van der Waals surface area contributed by atoms with E-state index >= 15 is 0 Å². The van der Waals surface area contributed by atoms with Crippen molar-refractivity contribution in [2.45, 2.75) is 0 Å². The maximum Gasteiger partial charge on any atom is 0.270 e. The number of piperazine rings is 1. The molecule has 138 valence electrons. The number of hydrogen-bond donors (Lipinski definition) is 1. The zero-order valence-corrected chi connectivity index (χ0v) is 15.2. The quantitative estimate of drug-likeness (QED) is 0.766. The molecule has 0 radical (unpaired) electrons. The van der Waals surface area contributed by atoms with Gasteiger partial charge in [0.25, 0.3) is 5.91 Å². The lowest BCUT2D eigenvalue weighted by atomic mass is 10.3. The van der Waals surface area contributed by atoms with Crippen LogP contribution >= 0.6 is 0 Å². The lowest BCUT2D eigenvalue weighted by Gasteiger charge is -2.35. The van der Waals surface area contributed by atoms with Crippen LogP contribution < -0.4 is 15.1 Å². The number of aromatic nitrogens is 4. The van der Waals surface area contributed by atoms with Gasteiger partial charge in [0, 0.05) is 57.7 Å². The molecular formula is C17H24N8O. The highest BCUT2D eigenvalue weighted by atomic mass is 16.1. The van der Waals surface area contributed by atoms with Gasteiger partial charge in [0.15, 0.2) is 0 Å².